The zero-order chi connectivity index (χ0) is 15.6. The van der Waals surface area contributed by atoms with Gasteiger partial charge in [0.15, 0.2) is 0 Å². The van der Waals surface area contributed by atoms with E-state index >= 15 is 0 Å². The van der Waals surface area contributed by atoms with E-state index in [1.807, 2.05) is 22.6 Å². The summed E-state index contributed by atoms with van der Waals surface area (Å²) in [6.07, 6.45) is 0. The molecule has 0 bridgehead atoms. The van der Waals surface area contributed by atoms with Crippen LogP contribution in [0.5, 0.6) is 0 Å². The van der Waals surface area contributed by atoms with Crippen LogP contribution in [0.25, 0.3) is 0 Å². The molecule has 21 heavy (non-hydrogen) atoms. The van der Waals surface area contributed by atoms with Gasteiger partial charge in [-0.25, -0.2) is 17.9 Å². The highest BCUT2D eigenvalue weighted by Gasteiger charge is 2.18. The molecule has 2 rings (SSSR count). The van der Waals surface area contributed by atoms with Gasteiger partial charge in [-0.15, -0.1) is 0 Å². The Morgan fingerprint density at radius 3 is 2.71 bits per heavy atom. The smallest absolute Gasteiger partial charge is 0.336 e. The third-order valence-corrected chi connectivity index (χ3v) is 5.56. The molecule has 0 saturated heterocycles. The summed E-state index contributed by atoms with van der Waals surface area (Å²) in [5.41, 5.74) is 0.361. The SMILES string of the molecule is O=C(O)c1cc(S(=O)(=O)NCc2csc(=O)[nH]2)ccc1I. The number of hydrogen-bond donors (Lipinski definition) is 3. The predicted octanol–water partition coefficient (Wildman–Crippen LogP) is 1.22. The van der Waals surface area contributed by atoms with Crippen LogP contribution in [0.2, 0.25) is 0 Å². The average molecular weight is 440 g/mol. The number of carbonyl (C=O) groups is 1. The number of carboxylic acids is 1. The highest BCUT2D eigenvalue weighted by atomic mass is 127. The van der Waals surface area contributed by atoms with E-state index in [2.05, 4.69) is 9.71 Å². The summed E-state index contributed by atoms with van der Waals surface area (Å²) >= 11 is 2.75. The lowest BCUT2D eigenvalue weighted by Gasteiger charge is -2.07. The first-order valence-electron chi connectivity index (χ1n) is 5.49. The van der Waals surface area contributed by atoms with E-state index in [4.69, 9.17) is 5.11 Å². The van der Waals surface area contributed by atoms with Gasteiger partial charge in [0.05, 0.1) is 17.0 Å². The Balaban J connectivity index is 2.25. The van der Waals surface area contributed by atoms with Gasteiger partial charge in [-0.1, -0.05) is 11.3 Å². The van der Waals surface area contributed by atoms with Crippen LogP contribution in [-0.4, -0.2) is 24.5 Å². The van der Waals surface area contributed by atoms with Crippen molar-refractivity contribution < 1.29 is 18.3 Å². The summed E-state index contributed by atoms with van der Waals surface area (Å²) in [5.74, 6) is -1.20. The van der Waals surface area contributed by atoms with Crippen LogP contribution >= 0.6 is 33.9 Å². The number of carboxylic acid groups (broad SMARTS) is 1. The van der Waals surface area contributed by atoms with E-state index in [1.54, 1.807) is 0 Å². The molecule has 0 aliphatic heterocycles. The van der Waals surface area contributed by atoms with Gasteiger partial charge in [-0.2, -0.15) is 0 Å². The minimum absolute atomic E-state index is 0.0739. The van der Waals surface area contributed by atoms with Crippen LogP contribution in [0.3, 0.4) is 0 Å². The zero-order valence-electron chi connectivity index (χ0n) is 10.3. The molecule has 10 heteroatoms. The maximum atomic E-state index is 12.1. The summed E-state index contributed by atoms with van der Waals surface area (Å²) in [4.78, 5) is 24.1. The highest BCUT2D eigenvalue weighted by Crippen LogP contribution is 2.18. The van der Waals surface area contributed by atoms with E-state index in [0.29, 0.717) is 9.26 Å². The Kier molecular flexibility index (Phi) is 4.81. The standard InChI is InChI=1S/C11H9IN2O5S2/c12-9-2-1-7(3-8(9)10(15)16)21(18,19)13-4-6-5-20-11(17)14-6/h1-3,5,13H,4H2,(H,14,17)(H,15,16). The summed E-state index contributed by atoms with van der Waals surface area (Å²) < 4.78 is 27.0. The molecule has 0 atom stereocenters. The van der Waals surface area contributed by atoms with Gasteiger partial charge in [0, 0.05) is 14.6 Å². The van der Waals surface area contributed by atoms with Crippen LogP contribution in [0.4, 0.5) is 0 Å². The molecule has 0 unspecified atom stereocenters. The fourth-order valence-electron chi connectivity index (χ4n) is 1.49. The van der Waals surface area contributed by atoms with Gasteiger partial charge < -0.3 is 10.1 Å². The third-order valence-electron chi connectivity index (χ3n) is 2.50. The lowest BCUT2D eigenvalue weighted by molar-refractivity contribution is 0.0695. The normalized spacial score (nSPS) is 11.5. The summed E-state index contributed by atoms with van der Waals surface area (Å²) in [7, 11) is -3.86. The monoisotopic (exact) mass is 440 g/mol. The number of halogens is 1. The summed E-state index contributed by atoms with van der Waals surface area (Å²) in [5, 5.41) is 10.5. The van der Waals surface area contributed by atoms with Crippen molar-refractivity contribution >= 4 is 49.9 Å². The van der Waals surface area contributed by atoms with E-state index < -0.39 is 16.0 Å². The Labute approximate surface area is 137 Å². The lowest BCUT2D eigenvalue weighted by atomic mass is 10.2. The minimum Gasteiger partial charge on any atom is -0.478 e. The van der Waals surface area contributed by atoms with E-state index in [9.17, 15) is 18.0 Å². The maximum Gasteiger partial charge on any atom is 0.336 e. The quantitative estimate of drug-likeness (QED) is 0.605. The van der Waals surface area contributed by atoms with E-state index in [0.717, 1.165) is 17.4 Å². The van der Waals surface area contributed by atoms with Crippen LogP contribution in [0.15, 0.2) is 33.3 Å². The molecular weight excluding hydrogens is 431 g/mol. The first-order chi connectivity index (χ1) is 9.79. The van der Waals surface area contributed by atoms with Crippen molar-refractivity contribution in [2.24, 2.45) is 0 Å². The molecule has 0 amide bonds. The van der Waals surface area contributed by atoms with E-state index in [-0.39, 0.29) is 21.9 Å². The van der Waals surface area contributed by atoms with Crippen molar-refractivity contribution in [3.8, 4) is 0 Å². The van der Waals surface area contributed by atoms with Crippen LogP contribution < -0.4 is 9.60 Å². The number of rotatable bonds is 5. The zero-order valence-corrected chi connectivity index (χ0v) is 14.1. The number of nitrogens with one attached hydrogen (secondary N) is 2. The molecule has 1 aromatic heterocycles. The predicted molar refractivity (Wildman–Crippen MR) is 85.1 cm³/mol. The first-order valence-corrected chi connectivity index (χ1v) is 8.93. The number of sulfonamides is 1. The molecule has 0 radical (unpaired) electrons. The number of aromatic amines is 1. The first kappa shape index (κ1) is 16.1. The largest absolute Gasteiger partial charge is 0.478 e. The Hall–Kier alpha value is -1.24. The molecule has 0 aliphatic rings. The maximum absolute atomic E-state index is 12.1. The van der Waals surface area contributed by atoms with Gasteiger partial charge in [-0.05, 0) is 40.8 Å². The number of thiazole rings is 1. The van der Waals surface area contributed by atoms with Crippen LogP contribution in [-0.2, 0) is 16.6 Å². The molecule has 2 aromatic rings. The number of aromatic carboxylic acids is 1. The Morgan fingerprint density at radius 1 is 1.43 bits per heavy atom. The molecule has 3 N–H and O–H groups in total. The second-order valence-corrected chi connectivity index (χ2v) is 7.72. The van der Waals surface area contributed by atoms with Gasteiger partial charge in [0.25, 0.3) is 0 Å². The fraction of sp³-hybridized carbons (Fsp3) is 0.0909. The van der Waals surface area contributed by atoms with Crippen molar-refractivity contribution in [3.05, 3.63) is 48.1 Å². The molecule has 0 spiro atoms. The van der Waals surface area contributed by atoms with Gasteiger partial charge in [0.2, 0.25) is 10.0 Å². The molecule has 112 valence electrons. The lowest BCUT2D eigenvalue weighted by Crippen LogP contribution is -2.24. The number of hydrogen-bond acceptors (Lipinski definition) is 5. The molecule has 7 nitrogen and oxygen atoms in total. The minimum atomic E-state index is -3.86. The van der Waals surface area contributed by atoms with Crippen molar-refractivity contribution in [2.75, 3.05) is 0 Å². The average Bonchev–Trinajstić information content (AvgIpc) is 2.82. The highest BCUT2D eigenvalue weighted by molar-refractivity contribution is 14.1. The van der Waals surface area contributed by atoms with Gasteiger partial charge >= 0.3 is 10.8 Å². The third kappa shape index (κ3) is 3.90. The van der Waals surface area contributed by atoms with Crippen LogP contribution in [0, 0.1) is 3.57 Å². The van der Waals surface area contributed by atoms with Crippen molar-refractivity contribution in [1.29, 1.82) is 0 Å². The Morgan fingerprint density at radius 2 is 2.14 bits per heavy atom. The van der Waals surface area contributed by atoms with Crippen molar-refractivity contribution in [1.82, 2.24) is 9.71 Å². The molecule has 0 fully saturated rings. The van der Waals surface area contributed by atoms with Gasteiger partial charge in [0.1, 0.15) is 0 Å². The molecule has 0 saturated carbocycles. The second-order valence-electron chi connectivity index (χ2n) is 3.94. The number of benzene rings is 1. The topological polar surface area (TPSA) is 116 Å². The second kappa shape index (κ2) is 6.25. The molecule has 1 aromatic carbocycles. The molecule has 0 aliphatic carbocycles. The number of aromatic nitrogens is 1. The van der Waals surface area contributed by atoms with Gasteiger partial charge in [-0.3, -0.25) is 4.79 Å². The molecular formula is C11H9IN2O5S2. The van der Waals surface area contributed by atoms with Crippen molar-refractivity contribution in [2.45, 2.75) is 11.4 Å². The Bertz CT molecular complexity index is 840. The summed E-state index contributed by atoms with van der Waals surface area (Å²) in [6.45, 7) is -0.0739. The number of H-pyrrole nitrogens is 1. The molecule has 1 heterocycles. The summed E-state index contributed by atoms with van der Waals surface area (Å²) in [6, 6.07) is 3.85. The fourth-order valence-corrected chi connectivity index (χ4v) is 3.67. The van der Waals surface area contributed by atoms with Crippen molar-refractivity contribution in [3.63, 3.8) is 0 Å². The van der Waals surface area contributed by atoms with Crippen LogP contribution in [0.1, 0.15) is 16.1 Å². The van der Waals surface area contributed by atoms with E-state index in [1.165, 1.54) is 17.5 Å².